The number of nitro benzene ring substituents is 1. The van der Waals surface area contributed by atoms with Gasteiger partial charge in [0.05, 0.1) is 15.5 Å². The Morgan fingerprint density at radius 1 is 1.26 bits per heavy atom. The van der Waals surface area contributed by atoms with Gasteiger partial charge < -0.3 is 15.5 Å². The molecule has 172 valence electrons. The van der Waals surface area contributed by atoms with Gasteiger partial charge in [0.15, 0.2) is 0 Å². The molecular formula is C23H17ClN4O5S. The first-order chi connectivity index (χ1) is 16.3. The van der Waals surface area contributed by atoms with Crippen LogP contribution in [-0.2, 0) is 17.6 Å². The van der Waals surface area contributed by atoms with Gasteiger partial charge in [-0.05, 0) is 49.4 Å². The molecule has 34 heavy (non-hydrogen) atoms. The summed E-state index contributed by atoms with van der Waals surface area (Å²) in [7, 11) is 0. The second kappa shape index (κ2) is 9.51. The summed E-state index contributed by atoms with van der Waals surface area (Å²) in [6.07, 6.45) is 4.75. The van der Waals surface area contributed by atoms with Gasteiger partial charge in [-0.25, -0.2) is 0 Å². The molecule has 2 aromatic heterocycles. The zero-order valence-corrected chi connectivity index (χ0v) is 19.2. The number of hydrogen-bond acceptors (Lipinski definition) is 7. The topological polar surface area (TPSA) is 152 Å². The van der Waals surface area contributed by atoms with Crippen LogP contribution in [0.25, 0.3) is 17.4 Å². The number of nitriles is 1. The highest BCUT2D eigenvalue weighted by Gasteiger charge is 2.25. The molecule has 2 heterocycles. The van der Waals surface area contributed by atoms with Gasteiger partial charge in [0.2, 0.25) is 0 Å². The van der Waals surface area contributed by atoms with Gasteiger partial charge in [-0.1, -0.05) is 11.6 Å². The van der Waals surface area contributed by atoms with Crippen LogP contribution in [0.2, 0.25) is 5.02 Å². The first-order valence-corrected chi connectivity index (χ1v) is 11.4. The molecule has 9 nitrogen and oxygen atoms in total. The summed E-state index contributed by atoms with van der Waals surface area (Å²) in [6.45, 7) is 0. The summed E-state index contributed by atoms with van der Waals surface area (Å²) in [5, 5.41) is 23.5. The minimum Gasteiger partial charge on any atom is -0.457 e. The van der Waals surface area contributed by atoms with E-state index in [1.807, 2.05) is 6.07 Å². The Bertz CT molecular complexity index is 1400. The number of primary amides is 1. The number of nitro groups is 1. The second-order valence-corrected chi connectivity index (χ2v) is 9.04. The molecule has 0 saturated heterocycles. The van der Waals surface area contributed by atoms with Crippen LogP contribution in [0, 0.1) is 21.4 Å². The molecule has 0 aliphatic heterocycles. The number of hydrogen-bond donors (Lipinski definition) is 2. The molecule has 3 aromatic rings. The van der Waals surface area contributed by atoms with Crippen molar-refractivity contribution in [1.29, 1.82) is 5.26 Å². The van der Waals surface area contributed by atoms with Gasteiger partial charge in [0.25, 0.3) is 17.5 Å². The van der Waals surface area contributed by atoms with Crippen molar-refractivity contribution < 1.29 is 18.9 Å². The van der Waals surface area contributed by atoms with Gasteiger partial charge >= 0.3 is 0 Å². The van der Waals surface area contributed by atoms with Crippen LogP contribution in [0.5, 0.6) is 0 Å². The number of nitrogens with one attached hydrogen (secondary N) is 1. The maximum Gasteiger partial charge on any atom is 0.270 e. The molecule has 11 heteroatoms. The fraction of sp³-hybridized carbons (Fsp3) is 0.174. The number of amides is 2. The van der Waals surface area contributed by atoms with Crippen molar-refractivity contribution in [2.45, 2.75) is 25.7 Å². The van der Waals surface area contributed by atoms with E-state index in [4.69, 9.17) is 21.8 Å². The van der Waals surface area contributed by atoms with Gasteiger partial charge in [-0.2, -0.15) is 5.26 Å². The SMILES string of the molecule is N#C/C(=C\c1ccc(-c2ccc([N+](=O)[O-])cc2Cl)o1)C(=O)Nc1sc2c(c1C(N)=O)CCCC2. The molecule has 0 radical (unpaired) electrons. The number of rotatable bonds is 6. The van der Waals surface area contributed by atoms with Crippen LogP contribution in [0.1, 0.15) is 39.4 Å². The monoisotopic (exact) mass is 496 g/mol. The van der Waals surface area contributed by atoms with E-state index in [-0.39, 0.29) is 22.0 Å². The molecule has 0 bridgehead atoms. The number of thiophene rings is 1. The van der Waals surface area contributed by atoms with E-state index in [1.165, 1.54) is 41.7 Å². The van der Waals surface area contributed by atoms with Gasteiger partial charge in [-0.3, -0.25) is 19.7 Å². The third kappa shape index (κ3) is 4.57. The fourth-order valence-corrected chi connectivity index (χ4v) is 5.33. The molecule has 1 aromatic carbocycles. The van der Waals surface area contributed by atoms with Crippen LogP contribution in [-0.4, -0.2) is 16.7 Å². The number of nitrogens with zero attached hydrogens (tertiary/aromatic N) is 2. The van der Waals surface area contributed by atoms with Crippen molar-refractivity contribution >= 4 is 51.5 Å². The fourth-order valence-electron chi connectivity index (χ4n) is 3.77. The van der Waals surface area contributed by atoms with Crippen LogP contribution in [0.4, 0.5) is 10.7 Å². The summed E-state index contributed by atoms with van der Waals surface area (Å²) in [5.74, 6) is -0.801. The zero-order valence-electron chi connectivity index (χ0n) is 17.6. The Kier molecular flexibility index (Phi) is 6.49. The lowest BCUT2D eigenvalue weighted by molar-refractivity contribution is -0.384. The largest absolute Gasteiger partial charge is 0.457 e. The number of aryl methyl sites for hydroxylation is 1. The first kappa shape index (κ1) is 23.2. The molecular weight excluding hydrogens is 480 g/mol. The Labute approximate surface area is 202 Å². The van der Waals surface area contributed by atoms with Crippen molar-refractivity contribution in [2.75, 3.05) is 5.32 Å². The number of anilines is 1. The molecule has 4 rings (SSSR count). The molecule has 1 aliphatic carbocycles. The van der Waals surface area contributed by atoms with Crippen molar-refractivity contribution in [3.63, 3.8) is 0 Å². The van der Waals surface area contributed by atoms with E-state index < -0.39 is 16.7 Å². The summed E-state index contributed by atoms with van der Waals surface area (Å²) < 4.78 is 5.68. The van der Waals surface area contributed by atoms with Gasteiger partial charge in [-0.15, -0.1) is 11.3 Å². The second-order valence-electron chi connectivity index (χ2n) is 7.53. The summed E-state index contributed by atoms with van der Waals surface area (Å²) in [4.78, 5) is 36.2. The highest BCUT2D eigenvalue weighted by Crippen LogP contribution is 2.38. The number of fused-ring (bicyclic) bond motifs is 1. The molecule has 3 N–H and O–H groups in total. The predicted molar refractivity (Wildman–Crippen MR) is 128 cm³/mol. The highest BCUT2D eigenvalue weighted by atomic mass is 35.5. The number of nitrogens with two attached hydrogens (primary N) is 1. The van der Waals surface area contributed by atoms with E-state index in [0.29, 0.717) is 21.9 Å². The summed E-state index contributed by atoms with van der Waals surface area (Å²) >= 11 is 7.44. The molecule has 0 spiro atoms. The number of halogens is 1. The average Bonchev–Trinajstić information content (AvgIpc) is 3.41. The lowest BCUT2D eigenvalue weighted by atomic mass is 9.95. The normalized spacial score (nSPS) is 13.1. The van der Waals surface area contributed by atoms with E-state index in [1.54, 1.807) is 6.07 Å². The van der Waals surface area contributed by atoms with E-state index in [9.17, 15) is 25.0 Å². The lowest BCUT2D eigenvalue weighted by Crippen LogP contribution is -2.19. The Hall–Kier alpha value is -3.94. The summed E-state index contributed by atoms with van der Waals surface area (Å²) in [6, 6.07) is 8.91. The number of furan rings is 1. The minimum atomic E-state index is -0.699. The molecule has 0 saturated carbocycles. The zero-order chi connectivity index (χ0) is 24.4. The van der Waals surface area contributed by atoms with Crippen molar-refractivity contribution in [2.24, 2.45) is 5.73 Å². The number of non-ortho nitro benzene ring substituents is 1. The van der Waals surface area contributed by atoms with Gasteiger partial charge in [0, 0.05) is 28.6 Å². The minimum absolute atomic E-state index is 0.123. The van der Waals surface area contributed by atoms with Crippen molar-refractivity contribution in [3.8, 4) is 17.4 Å². The van der Waals surface area contributed by atoms with Crippen molar-refractivity contribution in [3.05, 3.63) is 72.8 Å². The van der Waals surface area contributed by atoms with E-state index in [0.717, 1.165) is 36.1 Å². The van der Waals surface area contributed by atoms with Crippen molar-refractivity contribution in [1.82, 2.24) is 0 Å². The maximum atomic E-state index is 12.8. The Morgan fingerprint density at radius 2 is 2.03 bits per heavy atom. The quantitative estimate of drug-likeness (QED) is 0.210. The van der Waals surface area contributed by atoms with Gasteiger partial charge in [0.1, 0.15) is 28.2 Å². The Morgan fingerprint density at radius 3 is 2.71 bits per heavy atom. The number of benzene rings is 1. The third-order valence-electron chi connectivity index (χ3n) is 5.35. The van der Waals surface area contributed by atoms with Crippen LogP contribution in [0.15, 0.2) is 40.3 Å². The molecule has 1 aliphatic rings. The molecule has 0 fully saturated rings. The number of carbonyl (C=O) groups is 2. The first-order valence-electron chi connectivity index (χ1n) is 10.2. The molecule has 0 unspecified atom stereocenters. The number of carbonyl (C=O) groups excluding carboxylic acids is 2. The lowest BCUT2D eigenvalue weighted by Gasteiger charge is -2.11. The van der Waals surface area contributed by atoms with Crippen LogP contribution in [0.3, 0.4) is 0 Å². The summed E-state index contributed by atoms with van der Waals surface area (Å²) in [5.41, 5.74) is 6.76. The van der Waals surface area contributed by atoms with E-state index >= 15 is 0 Å². The maximum absolute atomic E-state index is 12.8. The third-order valence-corrected chi connectivity index (χ3v) is 6.87. The van der Waals surface area contributed by atoms with Crippen LogP contribution >= 0.6 is 22.9 Å². The van der Waals surface area contributed by atoms with Crippen LogP contribution < -0.4 is 11.1 Å². The predicted octanol–water partition coefficient (Wildman–Crippen LogP) is 5.09. The smallest absolute Gasteiger partial charge is 0.270 e. The highest BCUT2D eigenvalue weighted by molar-refractivity contribution is 7.17. The molecule has 2 amide bonds. The Balaban J connectivity index is 1.58. The molecule has 0 atom stereocenters. The van der Waals surface area contributed by atoms with E-state index in [2.05, 4.69) is 5.32 Å². The average molecular weight is 497 g/mol. The standard InChI is InChI=1S/C23H17ClN4O5S/c24-17-10-13(28(31)32)5-7-15(17)18-8-6-14(33-18)9-12(11-25)22(30)27-23-20(21(26)29)16-3-1-2-4-19(16)34-23/h5-10H,1-4H2,(H2,26,29)(H,27,30)/b12-9+.